The van der Waals surface area contributed by atoms with E-state index in [1.165, 1.54) is 0 Å². The summed E-state index contributed by atoms with van der Waals surface area (Å²) in [6.07, 6.45) is -0.279. The van der Waals surface area contributed by atoms with Crippen LogP contribution in [0.2, 0.25) is 0 Å². The quantitative estimate of drug-likeness (QED) is 0.629. The Morgan fingerprint density at radius 3 is 2.73 bits per heavy atom. The number of aliphatic imine (C=N–C) groups is 1. The summed E-state index contributed by atoms with van der Waals surface area (Å²) in [5.41, 5.74) is 0.596. The molecular formula is C18H26N4O4. The molecule has 1 saturated heterocycles. The highest BCUT2D eigenvalue weighted by atomic mass is 16.7. The number of nitrogens with one attached hydrogen (secondary N) is 2. The first-order valence-corrected chi connectivity index (χ1v) is 8.68. The van der Waals surface area contributed by atoms with Gasteiger partial charge in [0.15, 0.2) is 17.5 Å². The van der Waals surface area contributed by atoms with E-state index >= 15 is 0 Å². The lowest BCUT2D eigenvalue weighted by atomic mass is 10.1. The summed E-state index contributed by atoms with van der Waals surface area (Å²) in [5.74, 6) is 2.23. The fraction of sp³-hybridized carbons (Fsp3) is 0.556. The molecule has 0 atom stereocenters. The average molecular weight is 362 g/mol. The molecule has 0 aromatic heterocycles. The lowest BCUT2D eigenvalue weighted by Crippen LogP contribution is -2.63. The predicted molar refractivity (Wildman–Crippen MR) is 97.5 cm³/mol. The van der Waals surface area contributed by atoms with E-state index in [4.69, 9.17) is 14.2 Å². The summed E-state index contributed by atoms with van der Waals surface area (Å²) in [6, 6.07) is 6.00. The van der Waals surface area contributed by atoms with Gasteiger partial charge in [-0.25, -0.2) is 4.79 Å². The number of carbonyl (C=O) groups excluding carboxylic acids is 1. The minimum absolute atomic E-state index is 0.158. The van der Waals surface area contributed by atoms with Gasteiger partial charge in [0.2, 0.25) is 6.79 Å². The Bertz CT molecular complexity index is 693. The fourth-order valence-corrected chi connectivity index (χ4v) is 2.67. The van der Waals surface area contributed by atoms with Crippen LogP contribution in [0.5, 0.6) is 11.5 Å². The highest BCUT2D eigenvalue weighted by Gasteiger charge is 2.34. The van der Waals surface area contributed by atoms with E-state index in [-0.39, 0.29) is 18.9 Å². The van der Waals surface area contributed by atoms with Crippen molar-refractivity contribution in [3.05, 3.63) is 23.8 Å². The maximum atomic E-state index is 12.0. The molecule has 8 nitrogen and oxygen atoms in total. The first-order chi connectivity index (χ1) is 12.3. The van der Waals surface area contributed by atoms with Crippen molar-refractivity contribution in [2.45, 2.75) is 39.0 Å². The molecule has 2 heterocycles. The van der Waals surface area contributed by atoms with Crippen LogP contribution >= 0.6 is 0 Å². The molecule has 1 amide bonds. The molecule has 0 aliphatic carbocycles. The molecular weight excluding hydrogens is 336 g/mol. The van der Waals surface area contributed by atoms with Crippen molar-refractivity contribution in [3.63, 3.8) is 0 Å². The van der Waals surface area contributed by atoms with Crippen molar-refractivity contribution >= 4 is 12.1 Å². The van der Waals surface area contributed by atoms with E-state index in [0.29, 0.717) is 25.6 Å². The Kier molecular flexibility index (Phi) is 5.11. The molecule has 142 valence electrons. The predicted octanol–water partition coefficient (Wildman–Crippen LogP) is 1.70. The Hall–Kier alpha value is -2.64. The van der Waals surface area contributed by atoms with Gasteiger partial charge >= 0.3 is 6.09 Å². The zero-order valence-corrected chi connectivity index (χ0v) is 15.7. The van der Waals surface area contributed by atoms with Crippen molar-refractivity contribution in [1.29, 1.82) is 0 Å². The van der Waals surface area contributed by atoms with E-state index in [2.05, 4.69) is 15.6 Å². The van der Waals surface area contributed by atoms with Crippen molar-refractivity contribution in [1.82, 2.24) is 15.5 Å². The molecule has 0 radical (unpaired) electrons. The monoisotopic (exact) mass is 362 g/mol. The number of amides is 1. The summed E-state index contributed by atoms with van der Waals surface area (Å²) >= 11 is 0. The van der Waals surface area contributed by atoms with E-state index in [9.17, 15) is 4.79 Å². The maximum Gasteiger partial charge on any atom is 0.410 e. The average Bonchev–Trinajstić information content (AvgIpc) is 2.99. The first kappa shape index (κ1) is 18.2. The SMILES string of the molecule is CN=C(NCc1ccc2c(c1)OCO2)NC1CN(C(=O)OC(C)(C)C)C1. The van der Waals surface area contributed by atoms with Gasteiger partial charge in [-0.2, -0.15) is 0 Å². The van der Waals surface area contributed by atoms with Crippen molar-refractivity contribution in [3.8, 4) is 11.5 Å². The van der Waals surface area contributed by atoms with Gasteiger partial charge in [-0.05, 0) is 38.5 Å². The summed E-state index contributed by atoms with van der Waals surface area (Å²) in [5, 5.41) is 6.57. The molecule has 26 heavy (non-hydrogen) atoms. The zero-order chi connectivity index (χ0) is 18.7. The summed E-state index contributed by atoms with van der Waals surface area (Å²) in [7, 11) is 1.72. The Morgan fingerprint density at radius 1 is 1.31 bits per heavy atom. The van der Waals surface area contributed by atoms with Crippen LogP contribution in [-0.4, -0.2) is 55.5 Å². The number of ether oxygens (including phenoxy) is 3. The van der Waals surface area contributed by atoms with Gasteiger partial charge < -0.3 is 29.7 Å². The van der Waals surface area contributed by atoms with Crippen LogP contribution in [-0.2, 0) is 11.3 Å². The number of carbonyl (C=O) groups is 1. The third-order valence-electron chi connectivity index (χ3n) is 3.99. The molecule has 2 aliphatic heterocycles. The lowest BCUT2D eigenvalue weighted by molar-refractivity contribution is 0.00701. The molecule has 3 rings (SSSR count). The van der Waals surface area contributed by atoms with E-state index < -0.39 is 5.60 Å². The van der Waals surface area contributed by atoms with E-state index in [1.54, 1.807) is 11.9 Å². The normalized spacial score (nSPS) is 16.9. The van der Waals surface area contributed by atoms with Crippen molar-refractivity contribution in [2.24, 2.45) is 4.99 Å². The number of hydrogen-bond acceptors (Lipinski definition) is 5. The molecule has 0 unspecified atom stereocenters. The molecule has 0 spiro atoms. The molecule has 8 heteroatoms. The largest absolute Gasteiger partial charge is 0.454 e. The van der Waals surface area contributed by atoms with Gasteiger partial charge in [0.1, 0.15) is 5.60 Å². The van der Waals surface area contributed by atoms with Crippen LogP contribution in [0.4, 0.5) is 4.79 Å². The van der Waals surface area contributed by atoms with E-state index in [0.717, 1.165) is 17.1 Å². The second-order valence-electron chi connectivity index (χ2n) is 7.34. The Morgan fingerprint density at radius 2 is 2.04 bits per heavy atom. The van der Waals surface area contributed by atoms with Crippen LogP contribution in [0, 0.1) is 0 Å². The van der Waals surface area contributed by atoms with Gasteiger partial charge in [0.05, 0.1) is 6.04 Å². The standard InChI is InChI=1S/C18H26N4O4/c1-18(2,3)26-17(23)22-9-13(10-22)21-16(19-4)20-8-12-5-6-14-15(7-12)25-11-24-14/h5-7,13H,8-11H2,1-4H3,(H2,19,20,21). The first-order valence-electron chi connectivity index (χ1n) is 8.68. The topological polar surface area (TPSA) is 84.4 Å². The highest BCUT2D eigenvalue weighted by Crippen LogP contribution is 2.32. The second-order valence-corrected chi connectivity index (χ2v) is 7.34. The highest BCUT2D eigenvalue weighted by molar-refractivity contribution is 5.80. The number of benzene rings is 1. The van der Waals surface area contributed by atoms with Crippen LogP contribution in [0.15, 0.2) is 23.2 Å². The molecule has 1 aromatic carbocycles. The number of nitrogens with zero attached hydrogens (tertiary/aromatic N) is 2. The van der Waals surface area contributed by atoms with Crippen molar-refractivity contribution in [2.75, 3.05) is 26.9 Å². The number of fused-ring (bicyclic) bond motifs is 1. The maximum absolute atomic E-state index is 12.0. The molecule has 1 aromatic rings. The van der Waals surface area contributed by atoms with Gasteiger partial charge in [0.25, 0.3) is 0 Å². The lowest BCUT2D eigenvalue weighted by Gasteiger charge is -2.40. The third-order valence-corrected chi connectivity index (χ3v) is 3.99. The summed E-state index contributed by atoms with van der Waals surface area (Å²) in [6.45, 7) is 7.66. The Balaban J connectivity index is 1.43. The Labute approximate surface area is 153 Å². The van der Waals surface area contributed by atoms with Crippen LogP contribution in [0.1, 0.15) is 26.3 Å². The zero-order valence-electron chi connectivity index (χ0n) is 15.7. The number of guanidine groups is 1. The fourth-order valence-electron chi connectivity index (χ4n) is 2.67. The molecule has 0 bridgehead atoms. The van der Waals surface area contributed by atoms with Crippen LogP contribution < -0.4 is 20.1 Å². The number of rotatable bonds is 3. The number of hydrogen-bond donors (Lipinski definition) is 2. The molecule has 0 saturated carbocycles. The molecule has 2 aliphatic rings. The van der Waals surface area contributed by atoms with Gasteiger partial charge in [0, 0.05) is 26.7 Å². The van der Waals surface area contributed by atoms with Gasteiger partial charge in [-0.1, -0.05) is 6.07 Å². The molecule has 1 fully saturated rings. The second kappa shape index (κ2) is 7.31. The smallest absolute Gasteiger partial charge is 0.410 e. The summed E-state index contributed by atoms with van der Waals surface area (Å²) < 4.78 is 16.1. The minimum atomic E-state index is -0.474. The third kappa shape index (κ3) is 4.50. The number of likely N-dealkylation sites (tertiary alicyclic amines) is 1. The van der Waals surface area contributed by atoms with Gasteiger partial charge in [-0.3, -0.25) is 4.99 Å². The van der Waals surface area contributed by atoms with E-state index in [1.807, 2.05) is 39.0 Å². The van der Waals surface area contributed by atoms with Crippen LogP contribution in [0.3, 0.4) is 0 Å². The summed E-state index contributed by atoms with van der Waals surface area (Å²) in [4.78, 5) is 17.9. The van der Waals surface area contributed by atoms with Gasteiger partial charge in [-0.15, -0.1) is 0 Å². The van der Waals surface area contributed by atoms with Crippen LogP contribution in [0.25, 0.3) is 0 Å². The minimum Gasteiger partial charge on any atom is -0.454 e. The van der Waals surface area contributed by atoms with Crippen molar-refractivity contribution < 1.29 is 19.0 Å². The molecule has 2 N–H and O–H groups in total.